The van der Waals surface area contributed by atoms with Crippen molar-refractivity contribution < 1.29 is 9.53 Å². The zero-order valence-corrected chi connectivity index (χ0v) is 8.88. The molecular weight excluding hydrogens is 202 g/mol. The minimum atomic E-state index is -0.590. The van der Waals surface area contributed by atoms with E-state index in [-0.39, 0.29) is 0 Å². The number of amides is 1. The summed E-state index contributed by atoms with van der Waals surface area (Å²) < 4.78 is 4.42. The van der Waals surface area contributed by atoms with E-state index < -0.39 is 6.09 Å². The Morgan fingerprint density at radius 3 is 2.69 bits per heavy atom. The number of carbonyl (C=O) groups is 1. The lowest BCUT2D eigenvalue weighted by Crippen LogP contribution is -1.93. The van der Waals surface area contributed by atoms with E-state index in [0.717, 1.165) is 16.3 Å². The number of fused-ring (bicyclic) bond motifs is 1. The summed E-state index contributed by atoms with van der Waals surface area (Å²) >= 11 is 0. The summed E-state index contributed by atoms with van der Waals surface area (Å²) in [6.07, 6.45) is 0.909. The second-order valence-corrected chi connectivity index (χ2v) is 3.33. The fourth-order valence-corrected chi connectivity index (χ4v) is 1.47. The maximum absolute atomic E-state index is 10.8. The van der Waals surface area contributed by atoms with Gasteiger partial charge in [0.25, 0.3) is 0 Å². The Morgan fingerprint density at radius 2 is 1.94 bits per heavy atom. The number of benzene rings is 2. The molecule has 2 aromatic rings. The van der Waals surface area contributed by atoms with Crippen LogP contribution < -0.4 is 0 Å². The molecular formula is C13H11NO2. The van der Waals surface area contributed by atoms with Gasteiger partial charge < -0.3 is 4.74 Å². The van der Waals surface area contributed by atoms with Crippen LogP contribution in [0.4, 0.5) is 4.79 Å². The highest BCUT2D eigenvalue weighted by atomic mass is 16.5. The molecule has 2 aromatic carbocycles. The summed E-state index contributed by atoms with van der Waals surface area (Å²) in [7, 11) is 1.31. The number of rotatable bonds is 1. The number of nitrogens with zero attached hydrogens (tertiary/aromatic N) is 1. The van der Waals surface area contributed by atoms with Crippen molar-refractivity contribution in [2.24, 2.45) is 4.99 Å². The number of hydrogen-bond acceptors (Lipinski definition) is 2. The Kier molecular flexibility index (Phi) is 2.96. The molecule has 0 aliphatic carbocycles. The van der Waals surface area contributed by atoms with Crippen molar-refractivity contribution in [3.8, 4) is 0 Å². The van der Waals surface area contributed by atoms with Crippen LogP contribution in [0.2, 0.25) is 0 Å². The van der Waals surface area contributed by atoms with Gasteiger partial charge >= 0.3 is 6.09 Å². The molecule has 0 saturated carbocycles. The molecule has 0 heterocycles. The van der Waals surface area contributed by atoms with Gasteiger partial charge in [-0.15, -0.1) is 0 Å². The standard InChI is InChI=1S/C13H11NO2/c1-16-13(15)14-9-10-6-7-11-4-2-3-5-12(11)8-10/h2-9H,1H3/b14-9+. The highest BCUT2D eigenvalue weighted by Gasteiger charge is 1.95. The van der Waals surface area contributed by atoms with Crippen molar-refractivity contribution in [2.75, 3.05) is 7.11 Å². The average Bonchev–Trinajstić information content (AvgIpc) is 2.35. The maximum atomic E-state index is 10.8. The summed E-state index contributed by atoms with van der Waals surface area (Å²) in [6.45, 7) is 0. The van der Waals surface area contributed by atoms with Crippen LogP contribution in [0.3, 0.4) is 0 Å². The van der Waals surface area contributed by atoms with Crippen LogP contribution in [-0.2, 0) is 4.74 Å². The van der Waals surface area contributed by atoms with Gasteiger partial charge in [-0.2, -0.15) is 4.99 Å². The Hall–Kier alpha value is -2.16. The van der Waals surface area contributed by atoms with E-state index in [4.69, 9.17) is 0 Å². The average molecular weight is 213 g/mol. The quantitative estimate of drug-likeness (QED) is 0.683. The molecule has 0 fully saturated rings. The largest absolute Gasteiger partial charge is 0.451 e. The summed E-state index contributed by atoms with van der Waals surface area (Å²) in [4.78, 5) is 14.5. The molecule has 1 amide bonds. The van der Waals surface area contributed by atoms with Crippen LogP contribution in [0.15, 0.2) is 47.5 Å². The first-order valence-corrected chi connectivity index (χ1v) is 4.90. The molecule has 0 saturated heterocycles. The van der Waals surface area contributed by atoms with Gasteiger partial charge in [0.1, 0.15) is 0 Å². The summed E-state index contributed by atoms with van der Waals surface area (Å²) in [5.41, 5.74) is 0.879. The number of carbonyl (C=O) groups excluding carboxylic acids is 1. The SMILES string of the molecule is COC(=O)/N=C/c1ccc2ccccc2c1. The zero-order valence-electron chi connectivity index (χ0n) is 8.88. The van der Waals surface area contributed by atoms with Gasteiger partial charge in [0, 0.05) is 6.21 Å². The van der Waals surface area contributed by atoms with E-state index in [2.05, 4.69) is 9.73 Å². The third kappa shape index (κ3) is 2.25. The van der Waals surface area contributed by atoms with E-state index in [1.54, 1.807) is 0 Å². The van der Waals surface area contributed by atoms with Crippen LogP contribution in [0, 0.1) is 0 Å². The van der Waals surface area contributed by atoms with E-state index in [1.807, 2.05) is 42.5 Å². The van der Waals surface area contributed by atoms with Crippen molar-refractivity contribution in [3.63, 3.8) is 0 Å². The zero-order chi connectivity index (χ0) is 11.4. The molecule has 0 spiro atoms. The monoisotopic (exact) mass is 213 g/mol. The number of hydrogen-bond donors (Lipinski definition) is 0. The van der Waals surface area contributed by atoms with Gasteiger partial charge in [0.15, 0.2) is 0 Å². The van der Waals surface area contributed by atoms with Crippen molar-refractivity contribution in [1.29, 1.82) is 0 Å². The Morgan fingerprint density at radius 1 is 1.19 bits per heavy atom. The first-order chi connectivity index (χ1) is 7.79. The Balaban J connectivity index is 2.33. The highest BCUT2D eigenvalue weighted by molar-refractivity contribution is 5.93. The van der Waals surface area contributed by atoms with Crippen LogP contribution >= 0.6 is 0 Å². The van der Waals surface area contributed by atoms with Crippen LogP contribution in [0.1, 0.15) is 5.56 Å². The predicted octanol–water partition coefficient (Wildman–Crippen LogP) is 3.03. The van der Waals surface area contributed by atoms with Crippen LogP contribution in [0.5, 0.6) is 0 Å². The van der Waals surface area contributed by atoms with Gasteiger partial charge in [0.05, 0.1) is 7.11 Å². The first-order valence-electron chi connectivity index (χ1n) is 4.90. The molecule has 0 bridgehead atoms. The Bertz CT molecular complexity index is 546. The van der Waals surface area contributed by atoms with E-state index in [0.29, 0.717) is 0 Å². The van der Waals surface area contributed by atoms with E-state index in [9.17, 15) is 4.79 Å². The van der Waals surface area contributed by atoms with E-state index >= 15 is 0 Å². The molecule has 0 N–H and O–H groups in total. The molecule has 0 radical (unpaired) electrons. The van der Waals surface area contributed by atoms with Gasteiger partial charge in [-0.05, 0) is 22.4 Å². The minimum absolute atomic E-state index is 0.590. The molecule has 2 rings (SSSR count). The van der Waals surface area contributed by atoms with Crippen molar-refractivity contribution >= 4 is 23.1 Å². The maximum Gasteiger partial charge on any atom is 0.433 e. The topological polar surface area (TPSA) is 38.7 Å². The van der Waals surface area contributed by atoms with Crippen molar-refractivity contribution in [1.82, 2.24) is 0 Å². The molecule has 0 aliphatic heterocycles. The number of ether oxygens (including phenoxy) is 1. The van der Waals surface area contributed by atoms with Gasteiger partial charge in [-0.1, -0.05) is 36.4 Å². The lowest BCUT2D eigenvalue weighted by Gasteiger charge is -1.98. The first kappa shape index (κ1) is 10.4. The summed E-state index contributed by atoms with van der Waals surface area (Å²) in [6, 6.07) is 13.9. The fourth-order valence-electron chi connectivity index (χ4n) is 1.47. The van der Waals surface area contributed by atoms with Crippen molar-refractivity contribution in [2.45, 2.75) is 0 Å². The molecule has 3 nitrogen and oxygen atoms in total. The summed E-state index contributed by atoms with van der Waals surface area (Å²) in [5.74, 6) is 0. The fraction of sp³-hybridized carbons (Fsp3) is 0.0769. The van der Waals surface area contributed by atoms with E-state index in [1.165, 1.54) is 13.3 Å². The third-order valence-electron chi connectivity index (χ3n) is 2.27. The molecule has 16 heavy (non-hydrogen) atoms. The molecule has 0 aromatic heterocycles. The second-order valence-electron chi connectivity index (χ2n) is 3.33. The molecule has 3 heteroatoms. The molecule has 0 atom stereocenters. The lowest BCUT2D eigenvalue weighted by molar-refractivity contribution is 0.183. The van der Waals surface area contributed by atoms with Crippen molar-refractivity contribution in [3.05, 3.63) is 48.0 Å². The van der Waals surface area contributed by atoms with Gasteiger partial charge in [-0.3, -0.25) is 0 Å². The molecule has 0 unspecified atom stereocenters. The van der Waals surface area contributed by atoms with Crippen LogP contribution in [-0.4, -0.2) is 19.4 Å². The Labute approximate surface area is 93.4 Å². The van der Waals surface area contributed by atoms with Gasteiger partial charge in [0.2, 0.25) is 0 Å². The molecule has 80 valence electrons. The second kappa shape index (κ2) is 4.57. The molecule has 0 aliphatic rings. The van der Waals surface area contributed by atoms with Gasteiger partial charge in [-0.25, -0.2) is 4.79 Å². The van der Waals surface area contributed by atoms with Crippen LogP contribution in [0.25, 0.3) is 10.8 Å². The third-order valence-corrected chi connectivity index (χ3v) is 2.27. The predicted molar refractivity (Wildman–Crippen MR) is 63.9 cm³/mol. The minimum Gasteiger partial charge on any atom is -0.451 e. The number of aliphatic imine (C=N–C) groups is 1. The summed E-state index contributed by atoms with van der Waals surface area (Å²) in [5, 5.41) is 2.29. The number of methoxy groups -OCH3 is 1. The lowest BCUT2D eigenvalue weighted by atomic mass is 10.1. The normalized spacial score (nSPS) is 10.8. The smallest absolute Gasteiger partial charge is 0.433 e. The highest BCUT2D eigenvalue weighted by Crippen LogP contribution is 2.14.